The third kappa shape index (κ3) is 2.88. The van der Waals surface area contributed by atoms with E-state index in [1.807, 2.05) is 11.9 Å². The summed E-state index contributed by atoms with van der Waals surface area (Å²) in [7, 11) is 1.90. The highest BCUT2D eigenvalue weighted by Crippen LogP contribution is 2.23. The number of aromatic carboxylic acids is 1. The minimum atomic E-state index is -1.09. The van der Waals surface area contributed by atoms with Crippen LogP contribution in [0.1, 0.15) is 41.9 Å². The number of carbonyl (C=O) groups is 1. The van der Waals surface area contributed by atoms with Gasteiger partial charge in [0.2, 0.25) is 0 Å². The van der Waals surface area contributed by atoms with Crippen LogP contribution < -0.4 is 0 Å². The molecule has 0 bridgehead atoms. The van der Waals surface area contributed by atoms with E-state index in [2.05, 4.69) is 5.16 Å². The van der Waals surface area contributed by atoms with E-state index in [0.717, 1.165) is 25.7 Å². The quantitative estimate of drug-likeness (QED) is 0.837. The molecule has 6 heteroatoms. The van der Waals surface area contributed by atoms with Crippen molar-refractivity contribution < 1.29 is 19.5 Å². The minimum absolute atomic E-state index is 0.0809. The molecular formula is C12H18N2O4. The van der Waals surface area contributed by atoms with Crippen LogP contribution in [0.5, 0.6) is 0 Å². The van der Waals surface area contributed by atoms with E-state index in [1.54, 1.807) is 0 Å². The SMILES string of the molecule is CN(Cc1cc(C(=O)O)no1)C1CCCCC1O. The molecule has 2 N–H and O–H groups in total. The number of aliphatic hydroxyl groups excluding tert-OH is 1. The lowest BCUT2D eigenvalue weighted by atomic mass is 9.91. The number of carboxylic acids is 1. The Morgan fingerprint density at radius 2 is 2.28 bits per heavy atom. The maximum absolute atomic E-state index is 10.7. The summed E-state index contributed by atoms with van der Waals surface area (Å²) < 4.78 is 4.97. The summed E-state index contributed by atoms with van der Waals surface area (Å²) in [4.78, 5) is 12.7. The Hall–Kier alpha value is -1.40. The molecule has 2 atom stereocenters. The van der Waals surface area contributed by atoms with Gasteiger partial charge in [-0.05, 0) is 19.9 Å². The fraction of sp³-hybridized carbons (Fsp3) is 0.667. The van der Waals surface area contributed by atoms with Gasteiger partial charge in [0.1, 0.15) is 0 Å². The Labute approximate surface area is 105 Å². The highest BCUT2D eigenvalue weighted by atomic mass is 16.5. The van der Waals surface area contributed by atoms with Crippen molar-refractivity contribution in [2.75, 3.05) is 7.05 Å². The fourth-order valence-electron chi connectivity index (χ4n) is 2.46. The first-order valence-corrected chi connectivity index (χ1v) is 6.15. The maximum atomic E-state index is 10.7. The van der Waals surface area contributed by atoms with Gasteiger partial charge in [-0.15, -0.1) is 0 Å². The van der Waals surface area contributed by atoms with Gasteiger partial charge in [-0.3, -0.25) is 4.90 Å². The first-order valence-electron chi connectivity index (χ1n) is 6.15. The highest BCUT2D eigenvalue weighted by molar-refractivity contribution is 5.85. The molecule has 1 aliphatic carbocycles. The van der Waals surface area contributed by atoms with E-state index in [9.17, 15) is 9.90 Å². The number of aromatic nitrogens is 1. The molecule has 0 amide bonds. The molecule has 18 heavy (non-hydrogen) atoms. The maximum Gasteiger partial charge on any atom is 0.358 e. The zero-order chi connectivity index (χ0) is 13.1. The topological polar surface area (TPSA) is 86.8 Å². The third-order valence-corrected chi connectivity index (χ3v) is 3.44. The lowest BCUT2D eigenvalue weighted by molar-refractivity contribution is 0.0255. The van der Waals surface area contributed by atoms with Crippen LogP contribution in [0.3, 0.4) is 0 Å². The van der Waals surface area contributed by atoms with E-state index in [-0.39, 0.29) is 17.8 Å². The molecule has 1 aromatic rings. The number of carboxylic acid groups (broad SMARTS) is 1. The fourth-order valence-corrected chi connectivity index (χ4v) is 2.46. The van der Waals surface area contributed by atoms with Crippen LogP contribution in [0.15, 0.2) is 10.6 Å². The van der Waals surface area contributed by atoms with E-state index in [4.69, 9.17) is 9.63 Å². The first-order chi connectivity index (χ1) is 8.58. The van der Waals surface area contributed by atoms with E-state index >= 15 is 0 Å². The smallest absolute Gasteiger partial charge is 0.358 e. The molecule has 1 aromatic heterocycles. The summed E-state index contributed by atoms with van der Waals surface area (Å²) in [5.41, 5.74) is -0.0809. The largest absolute Gasteiger partial charge is 0.476 e. The Kier molecular flexibility index (Phi) is 3.98. The average molecular weight is 254 g/mol. The van der Waals surface area contributed by atoms with Crippen LogP contribution in [0.2, 0.25) is 0 Å². The lowest BCUT2D eigenvalue weighted by Crippen LogP contribution is -2.42. The first kappa shape index (κ1) is 13.0. The van der Waals surface area contributed by atoms with E-state index in [1.165, 1.54) is 6.07 Å². The zero-order valence-corrected chi connectivity index (χ0v) is 10.4. The average Bonchev–Trinajstić information content (AvgIpc) is 2.78. The Morgan fingerprint density at radius 3 is 2.89 bits per heavy atom. The summed E-state index contributed by atoms with van der Waals surface area (Å²) in [5.74, 6) is -0.585. The van der Waals surface area contributed by atoms with Crippen molar-refractivity contribution in [3.63, 3.8) is 0 Å². The Morgan fingerprint density at radius 1 is 1.56 bits per heavy atom. The van der Waals surface area contributed by atoms with Gasteiger partial charge in [0, 0.05) is 12.1 Å². The number of nitrogens with zero attached hydrogens (tertiary/aromatic N) is 2. The predicted octanol–water partition coefficient (Wildman–Crippen LogP) is 1.11. The second-order valence-electron chi connectivity index (χ2n) is 4.82. The molecule has 1 saturated carbocycles. The number of hydrogen-bond donors (Lipinski definition) is 2. The lowest BCUT2D eigenvalue weighted by Gasteiger charge is -2.34. The molecule has 1 aliphatic rings. The van der Waals surface area contributed by atoms with Crippen molar-refractivity contribution in [1.29, 1.82) is 0 Å². The Balaban J connectivity index is 1.97. The molecule has 0 aliphatic heterocycles. The van der Waals surface area contributed by atoms with Gasteiger partial charge in [0.15, 0.2) is 11.5 Å². The van der Waals surface area contributed by atoms with Crippen LogP contribution >= 0.6 is 0 Å². The monoisotopic (exact) mass is 254 g/mol. The molecule has 0 saturated heterocycles. The molecule has 100 valence electrons. The number of rotatable bonds is 4. The van der Waals surface area contributed by atoms with Crippen molar-refractivity contribution in [1.82, 2.24) is 10.1 Å². The van der Waals surface area contributed by atoms with Crippen molar-refractivity contribution >= 4 is 5.97 Å². The highest BCUT2D eigenvalue weighted by Gasteiger charge is 2.27. The van der Waals surface area contributed by atoms with Crippen LogP contribution in [-0.4, -0.2) is 45.4 Å². The van der Waals surface area contributed by atoms with Crippen LogP contribution in [-0.2, 0) is 6.54 Å². The predicted molar refractivity (Wildman–Crippen MR) is 63.2 cm³/mol. The summed E-state index contributed by atoms with van der Waals surface area (Å²) >= 11 is 0. The van der Waals surface area contributed by atoms with Crippen molar-refractivity contribution in [3.05, 3.63) is 17.5 Å². The standard InChI is InChI=1S/C12H18N2O4/c1-14(10-4-2-3-5-11(10)15)7-8-6-9(12(16)17)13-18-8/h6,10-11,15H,2-5,7H2,1H3,(H,16,17). The Bertz CT molecular complexity index is 418. The minimum Gasteiger partial charge on any atom is -0.476 e. The van der Waals surface area contributed by atoms with Crippen molar-refractivity contribution in [3.8, 4) is 0 Å². The van der Waals surface area contributed by atoms with Crippen LogP contribution in [0.25, 0.3) is 0 Å². The molecule has 0 radical (unpaired) electrons. The number of likely N-dealkylation sites (N-methyl/N-ethyl adjacent to an activating group) is 1. The summed E-state index contributed by atoms with van der Waals surface area (Å²) in [6.07, 6.45) is 3.65. The molecule has 2 rings (SSSR count). The van der Waals surface area contributed by atoms with Gasteiger partial charge in [0.25, 0.3) is 0 Å². The van der Waals surface area contributed by atoms with Gasteiger partial charge in [-0.2, -0.15) is 0 Å². The summed E-state index contributed by atoms with van der Waals surface area (Å²) in [6.45, 7) is 0.460. The van der Waals surface area contributed by atoms with Crippen molar-refractivity contribution in [2.24, 2.45) is 0 Å². The molecule has 1 heterocycles. The molecule has 6 nitrogen and oxygen atoms in total. The van der Waals surface area contributed by atoms with Crippen LogP contribution in [0.4, 0.5) is 0 Å². The van der Waals surface area contributed by atoms with Crippen molar-refractivity contribution in [2.45, 2.75) is 44.4 Å². The third-order valence-electron chi connectivity index (χ3n) is 3.44. The second-order valence-corrected chi connectivity index (χ2v) is 4.82. The van der Waals surface area contributed by atoms with Gasteiger partial charge >= 0.3 is 5.97 Å². The second kappa shape index (κ2) is 5.49. The van der Waals surface area contributed by atoms with Gasteiger partial charge in [0.05, 0.1) is 12.6 Å². The van der Waals surface area contributed by atoms with Crippen LogP contribution in [0, 0.1) is 0 Å². The number of hydrogen-bond acceptors (Lipinski definition) is 5. The van der Waals surface area contributed by atoms with Gasteiger partial charge in [-0.1, -0.05) is 18.0 Å². The van der Waals surface area contributed by atoms with Gasteiger partial charge in [-0.25, -0.2) is 4.79 Å². The van der Waals surface area contributed by atoms with Gasteiger partial charge < -0.3 is 14.7 Å². The van der Waals surface area contributed by atoms with E-state index < -0.39 is 5.97 Å². The normalized spacial score (nSPS) is 24.4. The molecule has 1 fully saturated rings. The summed E-state index contributed by atoms with van der Waals surface area (Å²) in [5, 5.41) is 22.1. The zero-order valence-electron chi connectivity index (χ0n) is 10.4. The molecule has 2 unspecified atom stereocenters. The molecular weight excluding hydrogens is 236 g/mol. The van der Waals surface area contributed by atoms with E-state index in [0.29, 0.717) is 12.3 Å². The molecule has 0 spiro atoms. The summed E-state index contributed by atoms with van der Waals surface area (Å²) in [6, 6.07) is 1.53. The number of aliphatic hydroxyl groups is 1. The molecule has 0 aromatic carbocycles.